The minimum absolute atomic E-state index is 0.166. The van der Waals surface area contributed by atoms with Gasteiger partial charge in [-0.3, -0.25) is 13.8 Å². The summed E-state index contributed by atoms with van der Waals surface area (Å²) in [6.07, 6.45) is 3.27. The van der Waals surface area contributed by atoms with E-state index in [0.29, 0.717) is 24.3 Å². The van der Waals surface area contributed by atoms with E-state index in [1.807, 2.05) is 30.9 Å². The minimum atomic E-state index is -1.10. The summed E-state index contributed by atoms with van der Waals surface area (Å²) in [4.78, 5) is 26.7. The third-order valence-electron chi connectivity index (χ3n) is 5.69. The molecule has 0 radical (unpaired) electrons. The third kappa shape index (κ3) is 4.72. The summed E-state index contributed by atoms with van der Waals surface area (Å²) in [5, 5.41) is 9.72. The van der Waals surface area contributed by atoms with Gasteiger partial charge in [0.1, 0.15) is 0 Å². The Hall–Kier alpha value is -1.40. The predicted octanol–water partition coefficient (Wildman–Crippen LogP) is 4.03. The van der Waals surface area contributed by atoms with Crippen LogP contribution < -0.4 is 0 Å². The van der Waals surface area contributed by atoms with Crippen LogP contribution >= 0.6 is 11.6 Å². The van der Waals surface area contributed by atoms with Crippen LogP contribution in [0.25, 0.3) is 0 Å². The molecule has 1 aromatic carbocycles. The van der Waals surface area contributed by atoms with Crippen LogP contribution in [0.3, 0.4) is 0 Å². The van der Waals surface area contributed by atoms with Gasteiger partial charge in [-0.05, 0) is 43.9 Å². The summed E-state index contributed by atoms with van der Waals surface area (Å²) in [6.45, 7) is 5.60. The Kier molecular flexibility index (Phi) is 7.09. The standard InChI is InChI=1S/C20H28ClNO4S/c1-5-16(13(2)27(4)26)22-17(14-6-8-15(21)9-7-14)10-11-20(3,19(22)25)12-18(23)24/h6-9,13,16-17H,5,10-12H2,1-4H3,(H,23,24)/t13?,16?,17?,20-,27?/m1/s1. The fourth-order valence-corrected chi connectivity index (χ4v) is 4.91. The summed E-state index contributed by atoms with van der Waals surface area (Å²) in [5.74, 6) is -1.14. The van der Waals surface area contributed by atoms with Crippen molar-refractivity contribution in [2.75, 3.05) is 6.26 Å². The average molecular weight is 414 g/mol. The van der Waals surface area contributed by atoms with Gasteiger partial charge in [0.25, 0.3) is 0 Å². The number of carboxylic acids is 1. The summed E-state index contributed by atoms with van der Waals surface area (Å²) in [5.41, 5.74) is 0.0228. The van der Waals surface area contributed by atoms with Crippen LogP contribution in [0.4, 0.5) is 0 Å². The fourth-order valence-electron chi connectivity index (χ4n) is 4.02. The van der Waals surface area contributed by atoms with Gasteiger partial charge in [-0.15, -0.1) is 0 Å². The lowest BCUT2D eigenvalue weighted by atomic mass is 9.74. The lowest BCUT2D eigenvalue weighted by molar-refractivity contribution is -0.159. The van der Waals surface area contributed by atoms with Crippen LogP contribution in [-0.4, -0.2) is 43.6 Å². The Bertz CT molecular complexity index is 723. The van der Waals surface area contributed by atoms with Crippen molar-refractivity contribution in [1.82, 2.24) is 4.90 Å². The zero-order valence-corrected chi connectivity index (χ0v) is 17.8. The number of likely N-dealkylation sites (tertiary alicyclic amines) is 1. The summed E-state index contributed by atoms with van der Waals surface area (Å²) in [7, 11) is -1.10. The first kappa shape index (κ1) is 21.9. The van der Waals surface area contributed by atoms with E-state index in [1.54, 1.807) is 25.3 Å². The quantitative estimate of drug-likeness (QED) is 0.732. The molecule has 150 valence electrons. The molecule has 27 heavy (non-hydrogen) atoms. The summed E-state index contributed by atoms with van der Waals surface area (Å²) >= 11 is 6.01. The van der Waals surface area contributed by atoms with Crippen molar-refractivity contribution >= 4 is 34.3 Å². The largest absolute Gasteiger partial charge is 0.481 e. The Morgan fingerprint density at radius 2 is 2.00 bits per heavy atom. The Balaban J connectivity index is 2.50. The molecule has 5 nitrogen and oxygen atoms in total. The molecule has 0 aliphatic carbocycles. The van der Waals surface area contributed by atoms with Crippen LogP contribution in [0.15, 0.2) is 24.3 Å². The van der Waals surface area contributed by atoms with E-state index in [9.17, 15) is 18.9 Å². The zero-order chi connectivity index (χ0) is 20.4. The normalized spacial score (nSPS) is 26.5. The first-order valence-corrected chi connectivity index (χ1v) is 11.2. The molecule has 0 saturated carbocycles. The number of halogens is 1. The highest BCUT2D eigenvalue weighted by molar-refractivity contribution is 7.84. The molecule has 1 fully saturated rings. The molecular weight excluding hydrogens is 386 g/mol. The van der Waals surface area contributed by atoms with Crippen molar-refractivity contribution in [3.63, 3.8) is 0 Å². The fraction of sp³-hybridized carbons (Fsp3) is 0.600. The summed E-state index contributed by atoms with van der Waals surface area (Å²) in [6, 6.07) is 7.02. The number of benzene rings is 1. The second kappa shape index (κ2) is 8.74. The second-order valence-corrected chi connectivity index (χ2v) is 9.81. The molecule has 1 aliphatic rings. The minimum Gasteiger partial charge on any atom is -0.481 e. The highest BCUT2D eigenvalue weighted by atomic mass is 35.5. The van der Waals surface area contributed by atoms with Gasteiger partial charge in [0.05, 0.1) is 23.1 Å². The topological polar surface area (TPSA) is 74.7 Å². The van der Waals surface area contributed by atoms with Crippen LogP contribution in [0.2, 0.25) is 5.02 Å². The van der Waals surface area contributed by atoms with Crippen LogP contribution in [0.1, 0.15) is 58.1 Å². The molecule has 0 spiro atoms. The van der Waals surface area contributed by atoms with Crippen molar-refractivity contribution < 1.29 is 18.9 Å². The molecule has 2 rings (SSSR count). The SMILES string of the molecule is CCC(C(C)S(C)=O)N1C(=O)[C@@](C)(CC(=O)O)CCC1c1ccc(Cl)cc1. The number of hydrogen-bond acceptors (Lipinski definition) is 3. The van der Waals surface area contributed by atoms with E-state index in [0.717, 1.165) is 5.56 Å². The zero-order valence-electron chi connectivity index (χ0n) is 16.3. The van der Waals surface area contributed by atoms with E-state index in [-0.39, 0.29) is 29.7 Å². The van der Waals surface area contributed by atoms with Crippen molar-refractivity contribution in [2.45, 2.75) is 63.8 Å². The number of piperidine rings is 1. The summed E-state index contributed by atoms with van der Waals surface area (Å²) < 4.78 is 12.2. The number of nitrogens with zero attached hydrogens (tertiary/aromatic N) is 1. The molecule has 5 atom stereocenters. The van der Waals surface area contributed by atoms with Gasteiger partial charge in [-0.1, -0.05) is 37.6 Å². The number of carboxylic acid groups (broad SMARTS) is 1. The monoisotopic (exact) mass is 413 g/mol. The van der Waals surface area contributed by atoms with Gasteiger partial charge in [0, 0.05) is 28.1 Å². The van der Waals surface area contributed by atoms with Crippen LogP contribution in [-0.2, 0) is 20.4 Å². The van der Waals surface area contributed by atoms with E-state index in [1.165, 1.54) is 0 Å². The smallest absolute Gasteiger partial charge is 0.304 e. The van der Waals surface area contributed by atoms with Crippen molar-refractivity contribution in [3.8, 4) is 0 Å². The molecule has 1 N–H and O–H groups in total. The Labute approximate surface area is 168 Å². The molecule has 1 saturated heterocycles. The highest BCUT2D eigenvalue weighted by Gasteiger charge is 2.48. The Morgan fingerprint density at radius 3 is 2.48 bits per heavy atom. The number of aliphatic carboxylic acids is 1. The van der Waals surface area contributed by atoms with E-state index < -0.39 is 22.2 Å². The molecule has 1 aromatic rings. The van der Waals surface area contributed by atoms with Crippen molar-refractivity contribution in [1.29, 1.82) is 0 Å². The number of carbonyl (C=O) groups is 2. The van der Waals surface area contributed by atoms with E-state index in [4.69, 9.17) is 11.6 Å². The molecule has 1 amide bonds. The molecule has 1 aliphatic heterocycles. The van der Waals surface area contributed by atoms with Gasteiger partial charge in [-0.25, -0.2) is 0 Å². The van der Waals surface area contributed by atoms with Gasteiger partial charge in [0.2, 0.25) is 5.91 Å². The Morgan fingerprint density at radius 1 is 1.41 bits per heavy atom. The van der Waals surface area contributed by atoms with Gasteiger partial charge in [0.15, 0.2) is 0 Å². The highest BCUT2D eigenvalue weighted by Crippen LogP contribution is 2.45. The van der Waals surface area contributed by atoms with Crippen LogP contribution in [0, 0.1) is 5.41 Å². The third-order valence-corrected chi connectivity index (χ3v) is 7.31. The maximum atomic E-state index is 13.5. The molecule has 0 bridgehead atoms. The first-order valence-electron chi connectivity index (χ1n) is 9.23. The molecule has 1 heterocycles. The maximum absolute atomic E-state index is 13.5. The molecule has 7 heteroatoms. The van der Waals surface area contributed by atoms with E-state index in [2.05, 4.69) is 0 Å². The predicted molar refractivity (Wildman–Crippen MR) is 108 cm³/mol. The molecule has 4 unspecified atom stereocenters. The number of amides is 1. The van der Waals surface area contributed by atoms with Crippen LogP contribution in [0.5, 0.6) is 0 Å². The van der Waals surface area contributed by atoms with Crippen molar-refractivity contribution in [3.05, 3.63) is 34.9 Å². The number of carbonyl (C=O) groups excluding carboxylic acids is 1. The van der Waals surface area contributed by atoms with Gasteiger partial charge in [-0.2, -0.15) is 0 Å². The number of rotatable bonds is 7. The maximum Gasteiger partial charge on any atom is 0.304 e. The first-order chi connectivity index (χ1) is 12.6. The van der Waals surface area contributed by atoms with Crippen molar-refractivity contribution in [2.24, 2.45) is 5.41 Å². The second-order valence-electron chi connectivity index (χ2n) is 7.63. The lowest BCUT2D eigenvalue weighted by Crippen LogP contribution is -2.56. The number of hydrogen-bond donors (Lipinski definition) is 1. The van der Waals surface area contributed by atoms with Gasteiger partial charge < -0.3 is 10.0 Å². The molecule has 0 aromatic heterocycles. The lowest BCUT2D eigenvalue weighted by Gasteiger charge is -2.49. The van der Waals surface area contributed by atoms with E-state index >= 15 is 0 Å². The average Bonchev–Trinajstić information content (AvgIpc) is 2.59. The van der Waals surface area contributed by atoms with Gasteiger partial charge >= 0.3 is 5.97 Å². The molecular formula is C20H28ClNO4S.